The van der Waals surface area contributed by atoms with Crippen molar-refractivity contribution >= 4 is 15.9 Å². The summed E-state index contributed by atoms with van der Waals surface area (Å²) in [5.74, 6) is 0.648. The monoisotopic (exact) mass is 351 g/mol. The van der Waals surface area contributed by atoms with Gasteiger partial charge >= 0.3 is 0 Å². The van der Waals surface area contributed by atoms with Crippen molar-refractivity contribution in [2.24, 2.45) is 0 Å². The van der Waals surface area contributed by atoms with E-state index in [0.717, 1.165) is 33.3 Å². The van der Waals surface area contributed by atoms with Gasteiger partial charge in [-0.3, -0.25) is 0 Å². The second-order valence-electron chi connectivity index (χ2n) is 5.01. The molecule has 112 valence electrons. The Kier molecular flexibility index (Phi) is 5.37. The molecule has 0 heterocycles. The van der Waals surface area contributed by atoms with Crippen LogP contribution in [0.5, 0.6) is 5.75 Å². The summed E-state index contributed by atoms with van der Waals surface area (Å²) in [5.41, 5.74) is 3.32. The molecule has 0 spiro atoms. The van der Waals surface area contributed by atoms with Crippen LogP contribution in [0.25, 0.3) is 0 Å². The fraction of sp³-hybridized carbons (Fsp3) is 0.294. The zero-order chi connectivity index (χ0) is 15.4. The third-order valence-electron chi connectivity index (χ3n) is 3.62. The molecule has 0 aliphatic rings. The number of hydrogen-bond donors (Lipinski definition) is 1. The van der Waals surface area contributed by atoms with E-state index in [0.29, 0.717) is 0 Å². The van der Waals surface area contributed by atoms with Crippen LogP contribution in [0.15, 0.2) is 40.9 Å². The Hall–Kier alpha value is -1.39. The Bertz CT molecular complexity index is 630. The normalized spacial score (nSPS) is 12.2. The number of hydrogen-bond acceptors (Lipinski definition) is 2. The lowest BCUT2D eigenvalue weighted by Gasteiger charge is -2.19. The molecule has 0 saturated carbocycles. The van der Waals surface area contributed by atoms with Gasteiger partial charge in [-0.1, -0.05) is 34.1 Å². The van der Waals surface area contributed by atoms with Crippen LogP contribution in [0.3, 0.4) is 0 Å². The molecule has 0 aliphatic carbocycles. The topological polar surface area (TPSA) is 21.3 Å². The van der Waals surface area contributed by atoms with Crippen molar-refractivity contribution in [1.29, 1.82) is 0 Å². The van der Waals surface area contributed by atoms with Crippen LogP contribution in [0.4, 0.5) is 4.39 Å². The molecule has 0 radical (unpaired) electrons. The van der Waals surface area contributed by atoms with Crippen molar-refractivity contribution in [1.82, 2.24) is 5.32 Å². The molecule has 1 N–H and O–H groups in total. The quantitative estimate of drug-likeness (QED) is 0.861. The lowest BCUT2D eigenvalue weighted by molar-refractivity contribution is 0.410. The smallest absolute Gasteiger partial charge is 0.124 e. The Labute approximate surface area is 133 Å². The lowest BCUT2D eigenvalue weighted by atomic mass is 9.97. The highest BCUT2D eigenvalue weighted by atomic mass is 79.9. The zero-order valence-electron chi connectivity index (χ0n) is 12.4. The fourth-order valence-corrected chi connectivity index (χ4v) is 2.86. The molecule has 0 aromatic heterocycles. The molecule has 1 atom stereocenters. The first-order valence-electron chi connectivity index (χ1n) is 6.81. The molecule has 0 fully saturated rings. The first-order valence-corrected chi connectivity index (χ1v) is 7.60. The van der Waals surface area contributed by atoms with Crippen LogP contribution >= 0.6 is 15.9 Å². The van der Waals surface area contributed by atoms with E-state index in [9.17, 15) is 4.39 Å². The van der Waals surface area contributed by atoms with Crippen LogP contribution in [0, 0.1) is 12.7 Å². The van der Waals surface area contributed by atoms with Crippen molar-refractivity contribution < 1.29 is 9.13 Å². The van der Waals surface area contributed by atoms with Crippen LogP contribution in [-0.2, 0) is 6.42 Å². The van der Waals surface area contributed by atoms with Gasteiger partial charge in [0.05, 0.1) is 7.11 Å². The maximum atomic E-state index is 13.2. The summed E-state index contributed by atoms with van der Waals surface area (Å²) in [7, 11) is 3.60. The molecule has 2 rings (SSSR count). The second-order valence-corrected chi connectivity index (χ2v) is 5.86. The van der Waals surface area contributed by atoms with Crippen molar-refractivity contribution in [2.45, 2.75) is 19.4 Å². The van der Waals surface area contributed by atoms with Gasteiger partial charge in [-0.25, -0.2) is 4.39 Å². The highest BCUT2D eigenvalue weighted by molar-refractivity contribution is 9.10. The SMILES string of the molecule is CNC(Cc1ccc(F)cc1Br)c1ccc(C)c(OC)c1. The summed E-state index contributed by atoms with van der Waals surface area (Å²) in [5, 5.41) is 3.31. The van der Waals surface area contributed by atoms with E-state index in [1.165, 1.54) is 12.1 Å². The number of aryl methyl sites for hydroxylation is 1. The van der Waals surface area contributed by atoms with E-state index in [2.05, 4.69) is 33.4 Å². The van der Waals surface area contributed by atoms with E-state index in [1.807, 2.05) is 26.1 Å². The number of benzene rings is 2. The van der Waals surface area contributed by atoms with E-state index in [4.69, 9.17) is 4.74 Å². The number of rotatable bonds is 5. The molecular weight excluding hydrogens is 333 g/mol. The Morgan fingerprint density at radius 3 is 2.62 bits per heavy atom. The summed E-state index contributed by atoms with van der Waals surface area (Å²) in [6.07, 6.45) is 0.767. The van der Waals surface area contributed by atoms with Crippen molar-refractivity contribution in [3.05, 3.63) is 63.4 Å². The first-order chi connectivity index (χ1) is 10.0. The second kappa shape index (κ2) is 7.05. The molecule has 2 aromatic carbocycles. The molecule has 0 bridgehead atoms. The molecule has 0 saturated heterocycles. The van der Waals surface area contributed by atoms with Gasteiger partial charge in [-0.2, -0.15) is 0 Å². The predicted octanol–water partition coefficient (Wildman–Crippen LogP) is 4.41. The molecular formula is C17H19BrFNO. The van der Waals surface area contributed by atoms with Gasteiger partial charge in [-0.05, 0) is 55.3 Å². The number of methoxy groups -OCH3 is 1. The highest BCUT2D eigenvalue weighted by Crippen LogP contribution is 2.28. The van der Waals surface area contributed by atoms with Crippen LogP contribution in [-0.4, -0.2) is 14.2 Å². The molecule has 4 heteroatoms. The molecule has 0 amide bonds. The number of ether oxygens (including phenoxy) is 1. The minimum atomic E-state index is -0.233. The summed E-state index contributed by atoms with van der Waals surface area (Å²) in [6, 6.07) is 11.1. The van der Waals surface area contributed by atoms with Gasteiger partial charge in [0.2, 0.25) is 0 Å². The zero-order valence-corrected chi connectivity index (χ0v) is 14.0. The Balaban J connectivity index is 2.27. The summed E-state index contributed by atoms with van der Waals surface area (Å²) < 4.78 is 19.3. The van der Waals surface area contributed by atoms with Crippen molar-refractivity contribution in [2.75, 3.05) is 14.2 Å². The van der Waals surface area contributed by atoms with E-state index in [-0.39, 0.29) is 11.9 Å². The summed E-state index contributed by atoms with van der Waals surface area (Å²) in [4.78, 5) is 0. The largest absolute Gasteiger partial charge is 0.496 e. The third-order valence-corrected chi connectivity index (χ3v) is 4.36. The fourth-order valence-electron chi connectivity index (χ4n) is 2.35. The average Bonchev–Trinajstić information content (AvgIpc) is 2.47. The molecule has 1 unspecified atom stereocenters. The van der Waals surface area contributed by atoms with Crippen LogP contribution in [0.1, 0.15) is 22.7 Å². The maximum Gasteiger partial charge on any atom is 0.124 e. The number of halogens is 2. The van der Waals surface area contributed by atoms with Gasteiger partial charge < -0.3 is 10.1 Å². The number of nitrogens with one attached hydrogen (secondary N) is 1. The van der Waals surface area contributed by atoms with Gasteiger partial charge in [0.1, 0.15) is 11.6 Å². The van der Waals surface area contributed by atoms with E-state index in [1.54, 1.807) is 7.11 Å². The third kappa shape index (κ3) is 3.83. The highest BCUT2D eigenvalue weighted by Gasteiger charge is 2.14. The maximum absolute atomic E-state index is 13.2. The summed E-state index contributed by atoms with van der Waals surface area (Å²) >= 11 is 3.42. The Morgan fingerprint density at radius 2 is 2.00 bits per heavy atom. The van der Waals surface area contributed by atoms with Crippen molar-refractivity contribution in [3.8, 4) is 5.75 Å². The standard InChI is InChI=1S/C17H19BrFNO/c1-11-4-5-13(9-17(11)21-3)16(20-2)8-12-6-7-14(19)10-15(12)18/h4-7,9-10,16,20H,8H2,1-3H3. The predicted molar refractivity (Wildman–Crippen MR) is 87.3 cm³/mol. The molecule has 2 aromatic rings. The average molecular weight is 352 g/mol. The molecule has 21 heavy (non-hydrogen) atoms. The van der Waals surface area contributed by atoms with Gasteiger partial charge in [0.25, 0.3) is 0 Å². The van der Waals surface area contributed by atoms with Crippen LogP contribution < -0.4 is 10.1 Å². The van der Waals surface area contributed by atoms with Crippen LogP contribution in [0.2, 0.25) is 0 Å². The van der Waals surface area contributed by atoms with Gasteiger partial charge in [-0.15, -0.1) is 0 Å². The van der Waals surface area contributed by atoms with Crippen molar-refractivity contribution in [3.63, 3.8) is 0 Å². The molecule has 2 nitrogen and oxygen atoms in total. The summed E-state index contributed by atoms with van der Waals surface area (Å²) in [6.45, 7) is 2.02. The lowest BCUT2D eigenvalue weighted by Crippen LogP contribution is -2.19. The van der Waals surface area contributed by atoms with E-state index >= 15 is 0 Å². The minimum absolute atomic E-state index is 0.140. The molecule has 0 aliphatic heterocycles. The van der Waals surface area contributed by atoms with Gasteiger partial charge in [0, 0.05) is 10.5 Å². The minimum Gasteiger partial charge on any atom is -0.496 e. The van der Waals surface area contributed by atoms with Gasteiger partial charge in [0.15, 0.2) is 0 Å². The Morgan fingerprint density at radius 1 is 1.24 bits per heavy atom. The number of likely N-dealkylation sites (N-methyl/N-ethyl adjacent to an activating group) is 1. The van der Waals surface area contributed by atoms with E-state index < -0.39 is 0 Å². The first kappa shape index (κ1) is 16.0.